The molecule has 0 heterocycles. The zero-order valence-electron chi connectivity index (χ0n) is 16.7. The van der Waals surface area contributed by atoms with E-state index in [1.807, 2.05) is 13.0 Å². The van der Waals surface area contributed by atoms with Gasteiger partial charge in [0.1, 0.15) is 12.3 Å². The third kappa shape index (κ3) is 6.95. The monoisotopic (exact) mass is 409 g/mol. The van der Waals surface area contributed by atoms with Crippen LogP contribution in [0.25, 0.3) is 0 Å². The third-order valence-electron chi connectivity index (χ3n) is 3.99. The molecule has 0 aliphatic carbocycles. The number of amides is 2. The molecule has 2 aromatic rings. The second-order valence-electron chi connectivity index (χ2n) is 6.09. The Morgan fingerprint density at radius 2 is 1.77 bits per heavy atom. The molecule has 0 aromatic heterocycles. The van der Waals surface area contributed by atoms with Crippen molar-refractivity contribution < 1.29 is 23.9 Å². The molecule has 0 bridgehead atoms. The molecule has 2 rings (SSSR count). The lowest BCUT2D eigenvalue weighted by Crippen LogP contribution is -2.37. The van der Waals surface area contributed by atoms with Gasteiger partial charge in [0.25, 0.3) is 11.8 Å². The Kier molecular flexibility index (Phi) is 8.87. The number of ether oxygens (including phenoxy) is 2. The number of anilines is 1. The van der Waals surface area contributed by atoms with Crippen molar-refractivity contribution >= 4 is 23.5 Å². The number of nitrogens with one attached hydrogen (secondary N) is 1. The van der Waals surface area contributed by atoms with Crippen molar-refractivity contribution in [2.24, 2.45) is 0 Å². The first-order valence-electron chi connectivity index (χ1n) is 9.44. The van der Waals surface area contributed by atoms with Crippen LogP contribution in [0.1, 0.15) is 23.7 Å². The molecular weight excluding hydrogens is 386 g/mol. The zero-order valence-corrected chi connectivity index (χ0v) is 16.7. The number of hydrogen-bond acceptors (Lipinski definition) is 6. The van der Waals surface area contributed by atoms with Gasteiger partial charge in [0.05, 0.1) is 19.1 Å². The second-order valence-corrected chi connectivity index (χ2v) is 6.09. The highest BCUT2D eigenvalue weighted by Crippen LogP contribution is 2.20. The van der Waals surface area contributed by atoms with Crippen LogP contribution in [0.4, 0.5) is 5.69 Å². The van der Waals surface area contributed by atoms with Crippen molar-refractivity contribution in [3.05, 3.63) is 60.2 Å². The molecule has 0 aliphatic heterocycles. The number of hydrogen-bond donors (Lipinski definition) is 1. The van der Waals surface area contributed by atoms with E-state index in [1.165, 1.54) is 4.90 Å². The largest absolute Gasteiger partial charge is 0.494 e. The van der Waals surface area contributed by atoms with Gasteiger partial charge in [0.2, 0.25) is 0 Å². The first-order valence-corrected chi connectivity index (χ1v) is 9.44. The van der Waals surface area contributed by atoms with Crippen LogP contribution in [0.15, 0.2) is 54.6 Å². The maximum atomic E-state index is 12.5. The Hall–Kier alpha value is -3.86. The van der Waals surface area contributed by atoms with Crippen molar-refractivity contribution in [3.63, 3.8) is 0 Å². The lowest BCUT2D eigenvalue weighted by Gasteiger charge is -2.22. The zero-order chi connectivity index (χ0) is 21.8. The molecule has 2 aromatic carbocycles. The Bertz CT molecular complexity index is 891. The summed E-state index contributed by atoms with van der Waals surface area (Å²) in [5.74, 6) is -0.963. The predicted molar refractivity (Wildman–Crippen MR) is 110 cm³/mol. The Balaban J connectivity index is 1.89. The summed E-state index contributed by atoms with van der Waals surface area (Å²) in [6, 6.07) is 17.3. The topological polar surface area (TPSA) is 109 Å². The van der Waals surface area contributed by atoms with Gasteiger partial charge in [-0.15, -0.1) is 0 Å². The molecular formula is C22H23N3O5. The molecule has 0 unspecified atom stereocenters. The minimum Gasteiger partial charge on any atom is -0.494 e. The van der Waals surface area contributed by atoms with E-state index < -0.39 is 24.4 Å². The molecule has 8 nitrogen and oxygen atoms in total. The van der Waals surface area contributed by atoms with Gasteiger partial charge in [0, 0.05) is 17.8 Å². The Morgan fingerprint density at radius 3 is 2.40 bits per heavy atom. The summed E-state index contributed by atoms with van der Waals surface area (Å²) in [4.78, 5) is 37.7. The maximum Gasteiger partial charge on any atom is 0.325 e. The number of benzene rings is 2. The van der Waals surface area contributed by atoms with Gasteiger partial charge < -0.3 is 19.7 Å². The van der Waals surface area contributed by atoms with Crippen molar-refractivity contribution in [1.82, 2.24) is 5.32 Å². The Morgan fingerprint density at radius 1 is 1.07 bits per heavy atom. The normalized spacial score (nSPS) is 9.87. The minimum absolute atomic E-state index is 0.125. The summed E-state index contributed by atoms with van der Waals surface area (Å²) >= 11 is 0. The first kappa shape index (κ1) is 22.4. The molecule has 1 N–H and O–H groups in total. The van der Waals surface area contributed by atoms with E-state index in [-0.39, 0.29) is 19.5 Å². The van der Waals surface area contributed by atoms with E-state index in [9.17, 15) is 14.4 Å². The van der Waals surface area contributed by atoms with Crippen LogP contribution in [0, 0.1) is 11.3 Å². The predicted octanol–water partition coefficient (Wildman–Crippen LogP) is 2.31. The molecule has 0 saturated heterocycles. The summed E-state index contributed by atoms with van der Waals surface area (Å²) in [6.07, 6.45) is 0.125. The van der Waals surface area contributed by atoms with Gasteiger partial charge in [-0.1, -0.05) is 18.2 Å². The molecule has 0 atom stereocenters. The minimum atomic E-state index is -0.737. The van der Waals surface area contributed by atoms with Crippen LogP contribution >= 0.6 is 0 Å². The first-order chi connectivity index (χ1) is 14.5. The number of carbonyl (C=O) groups excluding carboxylic acids is 3. The lowest BCUT2D eigenvalue weighted by molar-refractivity contribution is -0.146. The van der Waals surface area contributed by atoms with Crippen LogP contribution in [-0.2, 0) is 14.3 Å². The number of esters is 1. The lowest BCUT2D eigenvalue weighted by atomic mass is 10.2. The van der Waals surface area contributed by atoms with E-state index in [4.69, 9.17) is 14.7 Å². The SMILES string of the molecule is CCOc1ccc(N(CCC#N)C(=O)COC(=O)CNC(=O)c2ccccc2)cc1. The molecule has 30 heavy (non-hydrogen) atoms. The van der Waals surface area contributed by atoms with E-state index >= 15 is 0 Å². The number of carbonyl (C=O) groups is 3. The van der Waals surface area contributed by atoms with E-state index in [1.54, 1.807) is 54.6 Å². The molecule has 0 aliphatic rings. The van der Waals surface area contributed by atoms with E-state index in [0.29, 0.717) is 23.6 Å². The summed E-state index contributed by atoms with van der Waals surface area (Å²) in [6.45, 7) is 1.69. The fraction of sp³-hybridized carbons (Fsp3) is 0.273. The van der Waals surface area contributed by atoms with Gasteiger partial charge in [-0.25, -0.2) is 0 Å². The summed E-state index contributed by atoms with van der Waals surface area (Å²) < 4.78 is 10.4. The summed E-state index contributed by atoms with van der Waals surface area (Å²) in [5.41, 5.74) is 0.978. The van der Waals surface area contributed by atoms with Gasteiger partial charge in [-0.05, 0) is 43.3 Å². The van der Waals surface area contributed by atoms with Crippen LogP contribution in [0.3, 0.4) is 0 Å². The van der Waals surface area contributed by atoms with Crippen molar-refractivity contribution in [2.75, 3.05) is 31.2 Å². The van der Waals surface area contributed by atoms with Crippen molar-refractivity contribution in [1.29, 1.82) is 5.26 Å². The quantitative estimate of drug-likeness (QED) is 0.603. The van der Waals surface area contributed by atoms with Crippen molar-refractivity contribution in [2.45, 2.75) is 13.3 Å². The number of nitriles is 1. The average Bonchev–Trinajstić information content (AvgIpc) is 2.78. The van der Waals surface area contributed by atoms with E-state index in [0.717, 1.165) is 0 Å². The highest BCUT2D eigenvalue weighted by Gasteiger charge is 2.18. The second kappa shape index (κ2) is 11.9. The average molecular weight is 409 g/mol. The van der Waals surface area contributed by atoms with Gasteiger partial charge in [0.15, 0.2) is 6.61 Å². The molecule has 0 saturated carbocycles. The van der Waals surface area contributed by atoms with Gasteiger partial charge in [-0.3, -0.25) is 14.4 Å². The van der Waals surface area contributed by atoms with Crippen LogP contribution < -0.4 is 15.0 Å². The highest BCUT2D eigenvalue weighted by molar-refractivity contribution is 5.97. The molecule has 0 radical (unpaired) electrons. The molecule has 156 valence electrons. The summed E-state index contributed by atoms with van der Waals surface area (Å²) in [7, 11) is 0. The smallest absolute Gasteiger partial charge is 0.325 e. The van der Waals surface area contributed by atoms with Crippen molar-refractivity contribution in [3.8, 4) is 11.8 Å². The van der Waals surface area contributed by atoms with Crippen LogP contribution in [-0.4, -0.2) is 44.1 Å². The number of nitrogens with zero attached hydrogens (tertiary/aromatic N) is 2. The highest BCUT2D eigenvalue weighted by atomic mass is 16.5. The fourth-order valence-electron chi connectivity index (χ4n) is 2.56. The van der Waals surface area contributed by atoms with Gasteiger partial charge in [-0.2, -0.15) is 5.26 Å². The molecule has 0 fully saturated rings. The maximum absolute atomic E-state index is 12.5. The van der Waals surface area contributed by atoms with Crippen LogP contribution in [0.5, 0.6) is 5.75 Å². The molecule has 2 amide bonds. The Labute approximate surface area is 175 Å². The van der Waals surface area contributed by atoms with E-state index in [2.05, 4.69) is 5.32 Å². The van der Waals surface area contributed by atoms with Crippen LogP contribution in [0.2, 0.25) is 0 Å². The molecule has 8 heteroatoms. The summed E-state index contributed by atoms with van der Waals surface area (Å²) in [5, 5.41) is 11.3. The third-order valence-corrected chi connectivity index (χ3v) is 3.99. The number of rotatable bonds is 10. The standard InChI is InChI=1S/C22H23N3O5/c1-2-29-19-11-9-18(10-12-19)25(14-6-13-23)20(26)16-30-21(27)15-24-22(28)17-7-4-3-5-8-17/h3-5,7-12H,2,6,14-16H2,1H3,(H,24,28). The van der Waals surface area contributed by atoms with Gasteiger partial charge >= 0.3 is 5.97 Å². The fourth-order valence-corrected chi connectivity index (χ4v) is 2.56. The molecule has 0 spiro atoms.